The Kier molecular flexibility index (Phi) is 5.42. The molecule has 9 nitrogen and oxygen atoms in total. The van der Waals surface area contributed by atoms with Crippen LogP contribution >= 0.6 is 11.3 Å². The molecule has 0 amide bonds. The minimum absolute atomic E-state index is 0.0351. The molecule has 0 saturated carbocycles. The van der Waals surface area contributed by atoms with E-state index in [1.807, 2.05) is 18.0 Å². The quantitative estimate of drug-likeness (QED) is 0.597. The Morgan fingerprint density at radius 3 is 2.85 bits per heavy atom. The fourth-order valence-corrected chi connectivity index (χ4v) is 5.50. The third kappa shape index (κ3) is 4.00. The second-order valence-electron chi connectivity index (χ2n) is 8.93. The van der Waals surface area contributed by atoms with Gasteiger partial charge in [0.15, 0.2) is 11.6 Å². The summed E-state index contributed by atoms with van der Waals surface area (Å²) in [4.78, 5) is 6.21. The molecule has 2 aliphatic rings. The number of phenols is 1. The van der Waals surface area contributed by atoms with Gasteiger partial charge in [-0.25, -0.2) is 9.37 Å². The fraction of sp³-hybridized carbons (Fsp3) is 0.455. The second kappa shape index (κ2) is 8.28. The van der Waals surface area contributed by atoms with E-state index in [0.717, 1.165) is 30.6 Å². The predicted octanol–water partition coefficient (Wildman–Crippen LogP) is 3.08. The van der Waals surface area contributed by atoms with Gasteiger partial charge < -0.3 is 15.3 Å². The van der Waals surface area contributed by atoms with Crippen molar-refractivity contribution < 1.29 is 9.50 Å². The average molecular weight is 467 g/mol. The molecule has 0 radical (unpaired) electrons. The van der Waals surface area contributed by atoms with Crippen molar-refractivity contribution >= 4 is 17.2 Å². The summed E-state index contributed by atoms with van der Waals surface area (Å²) in [7, 11) is 1.83. The van der Waals surface area contributed by atoms with Crippen molar-refractivity contribution in [3.05, 3.63) is 29.4 Å². The molecule has 0 spiro atoms. The molecule has 0 unspecified atom stereocenters. The maximum absolute atomic E-state index is 15.2. The van der Waals surface area contributed by atoms with Crippen LogP contribution in [0.3, 0.4) is 0 Å². The molecule has 2 bridgehead atoms. The zero-order valence-electron chi connectivity index (χ0n) is 18.2. The maximum Gasteiger partial charge on any atom is 0.218 e. The van der Waals surface area contributed by atoms with E-state index in [1.165, 1.54) is 6.07 Å². The number of fused-ring (bicyclic) bond motifs is 2. The van der Waals surface area contributed by atoms with E-state index in [9.17, 15) is 5.11 Å². The Hall–Kier alpha value is -3.23. The first kappa shape index (κ1) is 21.6. The highest BCUT2D eigenvalue weighted by atomic mass is 32.1. The van der Waals surface area contributed by atoms with Crippen molar-refractivity contribution in [1.82, 2.24) is 30.7 Å². The minimum atomic E-state index is -0.997. The lowest BCUT2D eigenvalue weighted by Gasteiger charge is -2.51. The van der Waals surface area contributed by atoms with Gasteiger partial charge >= 0.3 is 0 Å². The number of benzene rings is 1. The average Bonchev–Trinajstić information content (AvgIpc) is 3.31. The number of piperidine rings is 2. The van der Waals surface area contributed by atoms with Crippen LogP contribution in [-0.4, -0.2) is 61.3 Å². The van der Waals surface area contributed by atoms with Crippen LogP contribution in [-0.2, 0) is 0 Å². The number of hydrogen-bond acceptors (Lipinski definition) is 10. The Morgan fingerprint density at radius 2 is 2.15 bits per heavy atom. The van der Waals surface area contributed by atoms with Gasteiger partial charge in [0.1, 0.15) is 23.0 Å². The molecule has 3 aromatic rings. The van der Waals surface area contributed by atoms with E-state index in [2.05, 4.69) is 37.6 Å². The van der Waals surface area contributed by atoms with E-state index in [0.29, 0.717) is 28.4 Å². The molecule has 33 heavy (non-hydrogen) atoms. The molecule has 170 valence electrons. The molecule has 4 atom stereocenters. The summed E-state index contributed by atoms with van der Waals surface area (Å²) in [5.74, 6) is 0.716. The van der Waals surface area contributed by atoms with Gasteiger partial charge in [0.05, 0.1) is 17.8 Å². The van der Waals surface area contributed by atoms with Crippen LogP contribution in [0.25, 0.3) is 22.0 Å². The van der Waals surface area contributed by atoms with Crippen molar-refractivity contribution in [2.45, 2.75) is 56.4 Å². The first-order valence-corrected chi connectivity index (χ1v) is 11.6. The zero-order chi connectivity index (χ0) is 23.2. The molecular formula is C22H23FN8OS. The topological polar surface area (TPSA) is 124 Å². The molecule has 0 aliphatic carbocycles. The van der Waals surface area contributed by atoms with Crippen LogP contribution in [0.1, 0.15) is 37.6 Å². The minimum Gasteiger partial charge on any atom is -0.507 e. The van der Waals surface area contributed by atoms with Gasteiger partial charge in [0.25, 0.3) is 0 Å². The molecule has 4 heterocycles. The Balaban J connectivity index is 1.36. The summed E-state index contributed by atoms with van der Waals surface area (Å²) in [6.07, 6.45) is 4.17. The number of aromatic hydroxyl groups is 1. The molecule has 2 N–H and O–H groups in total. The number of aromatic nitrogens is 5. The zero-order valence-corrected chi connectivity index (χ0v) is 19.1. The van der Waals surface area contributed by atoms with Crippen LogP contribution in [0.15, 0.2) is 24.4 Å². The van der Waals surface area contributed by atoms with Crippen LogP contribution in [0.5, 0.6) is 5.75 Å². The molecule has 1 aromatic carbocycles. The third-order valence-electron chi connectivity index (χ3n) is 6.60. The summed E-state index contributed by atoms with van der Waals surface area (Å²) in [5, 5.41) is 39.9. The number of hydrogen-bond donors (Lipinski definition) is 2. The number of anilines is 1. The van der Waals surface area contributed by atoms with Gasteiger partial charge in [-0.2, -0.15) is 5.26 Å². The van der Waals surface area contributed by atoms with Crippen molar-refractivity contribution in [2.24, 2.45) is 0 Å². The van der Waals surface area contributed by atoms with Gasteiger partial charge in [-0.05, 0) is 44.7 Å². The molecule has 5 rings (SSSR count). The van der Waals surface area contributed by atoms with E-state index in [1.54, 1.807) is 18.3 Å². The lowest BCUT2D eigenvalue weighted by atomic mass is 9.74. The van der Waals surface area contributed by atoms with Gasteiger partial charge in [0.2, 0.25) is 5.01 Å². The van der Waals surface area contributed by atoms with Crippen LogP contribution in [0.4, 0.5) is 10.2 Å². The van der Waals surface area contributed by atoms with E-state index in [4.69, 9.17) is 5.26 Å². The molecular weight excluding hydrogens is 443 g/mol. The highest BCUT2D eigenvalue weighted by Crippen LogP contribution is 2.38. The Bertz CT molecular complexity index is 1210. The standard InChI is InChI=1S/C22H23FN8OS/c1-22-7-3-4-14(26-22)19(23)15(9-22)31(2)17-11-25-20(29-27-17)13-6-5-12(8-16(13)32)21-30-28-18(10-24)33-21/h5-6,8,11,14-15,19,26,32H,3-4,7,9H2,1-2H3/t14-,15-,19+,22-/m1/s1. The van der Waals surface area contributed by atoms with Gasteiger partial charge in [0, 0.05) is 24.2 Å². The van der Waals surface area contributed by atoms with E-state index >= 15 is 4.39 Å². The number of phenolic OH excluding ortho intramolecular Hbond substituents is 1. The predicted molar refractivity (Wildman–Crippen MR) is 121 cm³/mol. The number of rotatable bonds is 4. The van der Waals surface area contributed by atoms with Crippen LogP contribution in [0, 0.1) is 11.3 Å². The number of nitrogens with one attached hydrogen (secondary N) is 1. The third-order valence-corrected chi connectivity index (χ3v) is 7.48. The number of alkyl halides is 1. The van der Waals surface area contributed by atoms with Gasteiger partial charge in [-0.1, -0.05) is 17.4 Å². The normalized spacial score (nSPS) is 26.5. The summed E-state index contributed by atoms with van der Waals surface area (Å²) in [6.45, 7) is 2.16. The molecule has 2 fully saturated rings. The Morgan fingerprint density at radius 1 is 1.30 bits per heavy atom. The van der Waals surface area contributed by atoms with Gasteiger partial charge in [-0.15, -0.1) is 20.4 Å². The first-order valence-electron chi connectivity index (χ1n) is 10.8. The van der Waals surface area contributed by atoms with E-state index < -0.39 is 6.17 Å². The maximum atomic E-state index is 15.2. The largest absolute Gasteiger partial charge is 0.507 e. The van der Waals surface area contributed by atoms with Crippen molar-refractivity contribution in [3.8, 4) is 33.8 Å². The number of nitriles is 1. The molecule has 2 saturated heterocycles. The van der Waals surface area contributed by atoms with Crippen LogP contribution in [0.2, 0.25) is 0 Å². The van der Waals surface area contributed by atoms with Crippen LogP contribution < -0.4 is 10.2 Å². The molecule has 11 heteroatoms. The number of halogens is 1. The lowest BCUT2D eigenvalue weighted by molar-refractivity contribution is 0.0607. The molecule has 2 aliphatic heterocycles. The number of nitrogens with zero attached hydrogens (tertiary/aromatic N) is 7. The summed E-state index contributed by atoms with van der Waals surface area (Å²) >= 11 is 1.14. The lowest BCUT2D eigenvalue weighted by Crippen LogP contribution is -2.66. The monoisotopic (exact) mass is 466 g/mol. The fourth-order valence-electron chi connectivity index (χ4n) is 4.86. The molecule has 2 aromatic heterocycles. The van der Waals surface area contributed by atoms with Gasteiger partial charge in [-0.3, -0.25) is 0 Å². The van der Waals surface area contributed by atoms with E-state index in [-0.39, 0.29) is 34.2 Å². The summed E-state index contributed by atoms with van der Waals surface area (Å²) in [5.41, 5.74) is 0.982. The highest BCUT2D eigenvalue weighted by Gasteiger charge is 2.47. The summed E-state index contributed by atoms with van der Waals surface area (Å²) < 4.78 is 15.2. The Labute approximate surface area is 194 Å². The smallest absolute Gasteiger partial charge is 0.218 e. The SMILES string of the molecule is CN(c1cnc(-c2ccc(-c3nnc(C#N)s3)cc2O)nn1)[C@@H]1C[C@@]2(C)CCC[C@@H](N2)[C@@H]1F. The van der Waals surface area contributed by atoms with Crippen molar-refractivity contribution in [3.63, 3.8) is 0 Å². The van der Waals surface area contributed by atoms with Crippen molar-refractivity contribution in [1.29, 1.82) is 5.26 Å². The highest BCUT2D eigenvalue weighted by molar-refractivity contribution is 7.15. The van der Waals surface area contributed by atoms with Crippen molar-refractivity contribution in [2.75, 3.05) is 11.9 Å². The second-order valence-corrected chi connectivity index (χ2v) is 9.90. The first-order chi connectivity index (χ1) is 15.9. The summed E-state index contributed by atoms with van der Waals surface area (Å²) in [6, 6.07) is 6.46.